The quantitative estimate of drug-likeness (QED) is 0.714. The van der Waals surface area contributed by atoms with Crippen molar-refractivity contribution in [1.82, 2.24) is 10.6 Å². The largest absolute Gasteiger partial charge is 0.349 e. The molecule has 1 heterocycles. The highest BCUT2D eigenvalue weighted by atomic mass is 32.1. The Kier molecular flexibility index (Phi) is 6.05. The van der Waals surface area contributed by atoms with Crippen molar-refractivity contribution in [3.8, 4) is 0 Å². The minimum atomic E-state index is -1.03. The Morgan fingerprint density at radius 2 is 1.89 bits per heavy atom. The first kappa shape index (κ1) is 19.3. The van der Waals surface area contributed by atoms with E-state index in [9.17, 15) is 18.4 Å². The lowest BCUT2D eigenvalue weighted by molar-refractivity contribution is -0.128. The normalized spacial score (nSPS) is 15.8. The molecule has 0 saturated heterocycles. The average Bonchev–Trinajstić information content (AvgIpc) is 3.16. The van der Waals surface area contributed by atoms with Gasteiger partial charge in [0.15, 0.2) is 0 Å². The molecule has 3 N–H and O–H groups in total. The van der Waals surface area contributed by atoms with Crippen LogP contribution < -0.4 is 16.0 Å². The molecule has 1 aromatic heterocycles. The van der Waals surface area contributed by atoms with Gasteiger partial charge in [0.1, 0.15) is 17.2 Å². The van der Waals surface area contributed by atoms with Gasteiger partial charge in [-0.3, -0.25) is 4.79 Å². The number of carbonyl (C=O) groups is 2. The Morgan fingerprint density at radius 1 is 1.11 bits per heavy atom. The van der Waals surface area contributed by atoms with Crippen LogP contribution in [0.4, 0.5) is 19.3 Å². The van der Waals surface area contributed by atoms with Crippen LogP contribution in [-0.2, 0) is 11.3 Å². The monoisotopic (exact) mass is 393 g/mol. The minimum Gasteiger partial charge on any atom is -0.349 e. The van der Waals surface area contributed by atoms with Gasteiger partial charge in [-0.15, -0.1) is 11.3 Å². The molecule has 1 aliphatic carbocycles. The summed E-state index contributed by atoms with van der Waals surface area (Å²) in [4.78, 5) is 26.3. The fourth-order valence-electron chi connectivity index (χ4n) is 3.28. The third-order valence-corrected chi connectivity index (χ3v) is 5.55. The van der Waals surface area contributed by atoms with Crippen molar-refractivity contribution in [2.75, 3.05) is 5.32 Å². The van der Waals surface area contributed by atoms with Crippen LogP contribution in [0.2, 0.25) is 0 Å². The lowest BCUT2D eigenvalue weighted by Crippen LogP contribution is -2.60. The van der Waals surface area contributed by atoms with Crippen LogP contribution in [0.1, 0.15) is 37.0 Å². The van der Waals surface area contributed by atoms with Crippen molar-refractivity contribution >= 4 is 29.0 Å². The number of rotatable bonds is 5. The topological polar surface area (TPSA) is 70.2 Å². The first-order chi connectivity index (χ1) is 13.0. The summed E-state index contributed by atoms with van der Waals surface area (Å²) in [5.41, 5.74) is -1.17. The van der Waals surface area contributed by atoms with Crippen LogP contribution in [0.5, 0.6) is 0 Å². The second-order valence-corrected chi connectivity index (χ2v) is 7.64. The molecule has 3 rings (SSSR count). The standard InChI is InChI=1S/C19H21F2N3O2S/c20-13-6-7-16(15(21)11-13)23-18(26)24-19(8-2-1-3-9-19)17(25)22-12-14-5-4-10-27-14/h4-7,10-11H,1-3,8-9,12H2,(H,22,25)(H2,23,24,26). The molecule has 3 amide bonds. The van der Waals surface area contributed by atoms with Crippen molar-refractivity contribution in [3.05, 3.63) is 52.2 Å². The molecule has 1 aliphatic rings. The highest BCUT2D eigenvalue weighted by Crippen LogP contribution is 2.29. The predicted molar refractivity (Wildman–Crippen MR) is 100 cm³/mol. The lowest BCUT2D eigenvalue weighted by Gasteiger charge is -2.36. The summed E-state index contributed by atoms with van der Waals surface area (Å²) in [7, 11) is 0. The van der Waals surface area contributed by atoms with Gasteiger partial charge in [0, 0.05) is 10.9 Å². The van der Waals surface area contributed by atoms with E-state index in [1.54, 1.807) is 11.3 Å². The number of urea groups is 1. The number of anilines is 1. The molecule has 27 heavy (non-hydrogen) atoms. The summed E-state index contributed by atoms with van der Waals surface area (Å²) >= 11 is 1.54. The number of halogens is 2. The molecule has 1 fully saturated rings. The van der Waals surface area contributed by atoms with E-state index in [0.717, 1.165) is 36.3 Å². The van der Waals surface area contributed by atoms with Crippen LogP contribution >= 0.6 is 11.3 Å². The number of nitrogens with one attached hydrogen (secondary N) is 3. The number of thiophene rings is 1. The zero-order chi connectivity index (χ0) is 19.3. The fourth-order valence-corrected chi connectivity index (χ4v) is 3.92. The zero-order valence-corrected chi connectivity index (χ0v) is 15.5. The molecule has 5 nitrogen and oxygen atoms in total. The smallest absolute Gasteiger partial charge is 0.320 e. The Morgan fingerprint density at radius 3 is 2.56 bits per heavy atom. The van der Waals surface area contributed by atoms with Crippen LogP contribution in [0.25, 0.3) is 0 Å². The van der Waals surface area contributed by atoms with Crippen molar-refractivity contribution in [2.45, 2.75) is 44.2 Å². The molecule has 0 unspecified atom stereocenters. The van der Waals surface area contributed by atoms with Crippen LogP contribution in [-0.4, -0.2) is 17.5 Å². The Labute approximate surface area is 160 Å². The van der Waals surface area contributed by atoms with Crippen LogP contribution in [0, 0.1) is 11.6 Å². The maximum Gasteiger partial charge on any atom is 0.320 e. The summed E-state index contributed by atoms with van der Waals surface area (Å²) in [6, 6.07) is 6.05. The summed E-state index contributed by atoms with van der Waals surface area (Å²) in [6.07, 6.45) is 3.66. The molecule has 0 radical (unpaired) electrons. The van der Waals surface area contributed by atoms with Gasteiger partial charge < -0.3 is 16.0 Å². The van der Waals surface area contributed by atoms with Crippen molar-refractivity contribution < 1.29 is 18.4 Å². The average molecular weight is 393 g/mol. The molecule has 0 atom stereocenters. The van der Waals surface area contributed by atoms with Crippen LogP contribution in [0.15, 0.2) is 35.7 Å². The molecule has 1 saturated carbocycles. The molecule has 1 aromatic carbocycles. The molecular formula is C19H21F2N3O2S. The fraction of sp³-hybridized carbons (Fsp3) is 0.368. The third kappa shape index (κ3) is 4.82. The van der Waals surface area contributed by atoms with Gasteiger partial charge in [0.05, 0.1) is 12.2 Å². The Balaban J connectivity index is 1.67. The predicted octanol–water partition coefficient (Wildman–Crippen LogP) is 4.17. The molecule has 8 heteroatoms. The second kappa shape index (κ2) is 8.47. The van der Waals surface area contributed by atoms with Gasteiger partial charge in [0.25, 0.3) is 0 Å². The van der Waals surface area contributed by atoms with Gasteiger partial charge in [-0.2, -0.15) is 0 Å². The van der Waals surface area contributed by atoms with Gasteiger partial charge in [-0.05, 0) is 36.4 Å². The summed E-state index contributed by atoms with van der Waals surface area (Å²) in [5, 5.41) is 9.92. The van der Waals surface area contributed by atoms with Crippen molar-refractivity contribution in [1.29, 1.82) is 0 Å². The third-order valence-electron chi connectivity index (χ3n) is 4.68. The molecule has 0 aliphatic heterocycles. The van der Waals surface area contributed by atoms with Crippen molar-refractivity contribution in [3.63, 3.8) is 0 Å². The van der Waals surface area contributed by atoms with E-state index in [2.05, 4.69) is 16.0 Å². The molecule has 2 aromatic rings. The zero-order valence-electron chi connectivity index (χ0n) is 14.7. The summed E-state index contributed by atoms with van der Waals surface area (Å²) in [5.74, 6) is -1.84. The number of hydrogen-bond donors (Lipinski definition) is 3. The molecule has 144 valence electrons. The summed E-state index contributed by atoms with van der Waals surface area (Å²) < 4.78 is 26.8. The summed E-state index contributed by atoms with van der Waals surface area (Å²) in [6.45, 7) is 0.397. The first-order valence-corrected chi connectivity index (χ1v) is 9.71. The van der Waals surface area contributed by atoms with Gasteiger partial charge >= 0.3 is 6.03 Å². The minimum absolute atomic E-state index is 0.140. The Bertz CT molecular complexity index is 805. The van der Waals surface area contributed by atoms with Crippen molar-refractivity contribution in [2.24, 2.45) is 0 Å². The highest BCUT2D eigenvalue weighted by molar-refractivity contribution is 7.09. The van der Waals surface area contributed by atoms with E-state index >= 15 is 0 Å². The number of carbonyl (C=O) groups excluding carboxylic acids is 2. The maximum absolute atomic E-state index is 13.8. The van der Waals surface area contributed by atoms with E-state index in [0.29, 0.717) is 25.5 Å². The molecular weight excluding hydrogens is 372 g/mol. The maximum atomic E-state index is 13.8. The van der Waals surface area contributed by atoms with E-state index in [1.807, 2.05) is 17.5 Å². The second-order valence-electron chi connectivity index (χ2n) is 6.61. The van der Waals surface area contributed by atoms with Crippen LogP contribution in [0.3, 0.4) is 0 Å². The highest BCUT2D eigenvalue weighted by Gasteiger charge is 2.40. The SMILES string of the molecule is O=C(Nc1ccc(F)cc1F)NC1(C(=O)NCc2cccs2)CCCCC1. The number of benzene rings is 1. The van der Waals surface area contributed by atoms with E-state index < -0.39 is 23.2 Å². The Hall–Kier alpha value is -2.48. The van der Waals surface area contributed by atoms with Gasteiger partial charge in [0.2, 0.25) is 5.91 Å². The van der Waals surface area contributed by atoms with Gasteiger partial charge in [-0.1, -0.05) is 25.3 Å². The van der Waals surface area contributed by atoms with E-state index in [4.69, 9.17) is 0 Å². The first-order valence-electron chi connectivity index (χ1n) is 8.83. The van der Waals surface area contributed by atoms with E-state index in [1.165, 1.54) is 0 Å². The van der Waals surface area contributed by atoms with E-state index in [-0.39, 0.29) is 11.6 Å². The van der Waals surface area contributed by atoms with Gasteiger partial charge in [-0.25, -0.2) is 13.6 Å². The lowest BCUT2D eigenvalue weighted by atomic mass is 9.81. The number of hydrogen-bond acceptors (Lipinski definition) is 3. The number of amides is 3. The molecule has 0 bridgehead atoms. The molecule has 0 spiro atoms.